The van der Waals surface area contributed by atoms with Gasteiger partial charge in [0.05, 0.1) is 19.0 Å². The van der Waals surface area contributed by atoms with Crippen LogP contribution >= 0.6 is 0 Å². The van der Waals surface area contributed by atoms with E-state index in [0.29, 0.717) is 30.4 Å². The Kier molecular flexibility index (Phi) is 8.37. The fourth-order valence-corrected chi connectivity index (χ4v) is 6.50. The monoisotopic (exact) mass is 460 g/mol. The summed E-state index contributed by atoms with van der Waals surface area (Å²) in [6.07, 6.45) is 9.60. The molecule has 3 nitrogen and oxygen atoms in total. The number of hydrogen-bond acceptors (Lipinski definition) is 2. The van der Waals surface area contributed by atoms with Gasteiger partial charge in [-0.1, -0.05) is 80.6 Å². The van der Waals surface area contributed by atoms with Crippen molar-refractivity contribution >= 4 is 11.6 Å². The van der Waals surface area contributed by atoms with E-state index in [4.69, 9.17) is 0 Å². The van der Waals surface area contributed by atoms with Gasteiger partial charge >= 0.3 is 0 Å². The molecule has 34 heavy (non-hydrogen) atoms. The Balaban J connectivity index is 1.50. The molecule has 2 fully saturated rings. The highest BCUT2D eigenvalue weighted by atomic mass is 16.1. The van der Waals surface area contributed by atoms with Gasteiger partial charge in [-0.25, -0.2) is 0 Å². The van der Waals surface area contributed by atoms with Crippen LogP contribution in [0.25, 0.3) is 0 Å². The minimum atomic E-state index is 0.104. The molecule has 1 aliphatic carbocycles. The highest BCUT2D eigenvalue weighted by molar-refractivity contribution is 5.83. The van der Waals surface area contributed by atoms with Crippen LogP contribution in [-0.4, -0.2) is 35.7 Å². The maximum absolute atomic E-state index is 13.5. The second-order valence-electron chi connectivity index (χ2n) is 11.1. The van der Waals surface area contributed by atoms with E-state index < -0.39 is 0 Å². The Labute approximate surface area is 206 Å². The second-order valence-corrected chi connectivity index (χ2v) is 11.1. The molecular formula is C31H42NO2+. The third kappa shape index (κ3) is 6.44. The Hall–Kier alpha value is -2.26. The number of ketones is 2. The van der Waals surface area contributed by atoms with Crippen LogP contribution in [0.5, 0.6) is 0 Å². The summed E-state index contributed by atoms with van der Waals surface area (Å²) >= 11 is 0. The zero-order valence-electron chi connectivity index (χ0n) is 21.2. The number of hydrogen-bond donors (Lipinski definition) is 0. The van der Waals surface area contributed by atoms with E-state index in [9.17, 15) is 9.59 Å². The van der Waals surface area contributed by atoms with Gasteiger partial charge in [-0.05, 0) is 49.3 Å². The van der Waals surface area contributed by atoms with Gasteiger partial charge in [0.1, 0.15) is 18.9 Å². The van der Waals surface area contributed by atoms with E-state index >= 15 is 0 Å². The molecule has 2 aromatic carbocycles. The molecule has 1 heterocycles. The van der Waals surface area contributed by atoms with E-state index in [1.165, 1.54) is 54.4 Å². The van der Waals surface area contributed by atoms with Crippen LogP contribution in [0.15, 0.2) is 48.5 Å². The van der Waals surface area contributed by atoms with Crippen molar-refractivity contribution in [2.24, 2.45) is 11.8 Å². The molecule has 1 saturated heterocycles. The van der Waals surface area contributed by atoms with Crippen LogP contribution in [0, 0.1) is 25.7 Å². The molecule has 0 bridgehead atoms. The van der Waals surface area contributed by atoms with Crippen molar-refractivity contribution in [2.45, 2.75) is 78.2 Å². The Bertz CT molecular complexity index is 956. The van der Waals surface area contributed by atoms with Crippen LogP contribution in [-0.2, 0) is 22.6 Å². The Morgan fingerprint density at radius 2 is 1.56 bits per heavy atom. The molecule has 1 aliphatic heterocycles. The fraction of sp³-hybridized carbons (Fsp3) is 0.548. The summed E-state index contributed by atoms with van der Waals surface area (Å²) in [5.74, 6) is 1.45. The lowest BCUT2D eigenvalue weighted by atomic mass is 9.81. The summed E-state index contributed by atoms with van der Waals surface area (Å²) in [4.78, 5) is 26.9. The Morgan fingerprint density at radius 1 is 0.853 bits per heavy atom. The van der Waals surface area contributed by atoms with Crippen LogP contribution in [0.2, 0.25) is 0 Å². The number of carbonyl (C=O) groups is 2. The largest absolute Gasteiger partial charge is 0.313 e. The molecule has 182 valence electrons. The van der Waals surface area contributed by atoms with Gasteiger partial charge in [0.2, 0.25) is 0 Å². The van der Waals surface area contributed by atoms with Crippen LogP contribution in [0.3, 0.4) is 0 Å². The molecule has 0 radical (unpaired) electrons. The van der Waals surface area contributed by atoms with Crippen molar-refractivity contribution in [3.05, 3.63) is 70.8 Å². The average molecular weight is 461 g/mol. The quantitative estimate of drug-likeness (QED) is 0.407. The summed E-state index contributed by atoms with van der Waals surface area (Å²) in [6.45, 7) is 7.37. The van der Waals surface area contributed by atoms with Crippen molar-refractivity contribution in [1.29, 1.82) is 0 Å². The molecule has 0 N–H and O–H groups in total. The zero-order valence-corrected chi connectivity index (χ0v) is 21.2. The molecule has 2 aliphatic rings. The summed E-state index contributed by atoms with van der Waals surface area (Å²) < 4.78 is 0.731. The minimum Gasteiger partial charge on any atom is -0.313 e. The molecule has 1 saturated carbocycles. The molecule has 2 aromatic rings. The standard InChI is InChI=1S/C31H42NO2/c1-24-11-9-12-25(2)30(24)20-29(33)23-32(21-27-15-7-4-8-16-27)18-10-17-28(22-32)31(34)19-26-13-5-3-6-14-26/h4,7-9,11-12,15-16,26,28H,3,5-6,10,13-14,17-23H2,1-2H3/q+1. The zero-order chi connectivity index (χ0) is 24.0. The third-order valence-corrected chi connectivity index (χ3v) is 8.35. The van der Waals surface area contributed by atoms with Crippen molar-refractivity contribution < 1.29 is 14.1 Å². The summed E-state index contributed by atoms with van der Waals surface area (Å²) in [6, 6.07) is 16.8. The van der Waals surface area contributed by atoms with Crippen molar-refractivity contribution in [3.63, 3.8) is 0 Å². The van der Waals surface area contributed by atoms with Gasteiger partial charge in [-0.15, -0.1) is 0 Å². The molecule has 0 spiro atoms. The number of likely N-dealkylation sites (tertiary alicyclic amines) is 1. The second kappa shape index (κ2) is 11.4. The van der Waals surface area contributed by atoms with Crippen LogP contribution in [0.4, 0.5) is 0 Å². The fourth-order valence-electron chi connectivity index (χ4n) is 6.50. The number of aryl methyl sites for hydroxylation is 2. The SMILES string of the molecule is Cc1cccc(C)c1CC(=O)C[N+]1(Cc2ccccc2)CCCC(C(=O)CC2CCCCC2)C1. The highest BCUT2D eigenvalue weighted by Crippen LogP contribution is 2.32. The minimum absolute atomic E-state index is 0.104. The molecule has 4 rings (SSSR count). The molecule has 0 amide bonds. The maximum Gasteiger partial charge on any atom is 0.191 e. The number of nitrogens with zero attached hydrogens (tertiary/aromatic N) is 1. The number of benzene rings is 2. The first-order valence-corrected chi connectivity index (χ1v) is 13.4. The van der Waals surface area contributed by atoms with Gasteiger partial charge in [0, 0.05) is 18.4 Å². The summed E-state index contributed by atoms with van der Waals surface area (Å²) in [5.41, 5.74) is 4.83. The Morgan fingerprint density at radius 3 is 2.26 bits per heavy atom. The topological polar surface area (TPSA) is 34.1 Å². The lowest BCUT2D eigenvalue weighted by molar-refractivity contribution is -0.940. The molecular weight excluding hydrogens is 418 g/mol. The van der Waals surface area contributed by atoms with Gasteiger partial charge in [-0.2, -0.15) is 0 Å². The van der Waals surface area contributed by atoms with Crippen LogP contribution < -0.4 is 0 Å². The predicted molar refractivity (Wildman–Crippen MR) is 139 cm³/mol. The van der Waals surface area contributed by atoms with E-state index in [-0.39, 0.29) is 5.92 Å². The van der Waals surface area contributed by atoms with E-state index in [1.54, 1.807) is 0 Å². The van der Waals surface area contributed by atoms with E-state index in [1.807, 2.05) is 6.07 Å². The number of quaternary nitrogens is 1. The van der Waals surface area contributed by atoms with Crippen molar-refractivity contribution in [2.75, 3.05) is 19.6 Å². The lowest BCUT2D eigenvalue weighted by Crippen LogP contribution is -2.57. The average Bonchev–Trinajstić information content (AvgIpc) is 2.83. The maximum atomic E-state index is 13.5. The van der Waals surface area contributed by atoms with Crippen molar-refractivity contribution in [3.8, 4) is 0 Å². The molecule has 2 unspecified atom stereocenters. The van der Waals surface area contributed by atoms with E-state index in [2.05, 4.69) is 56.3 Å². The smallest absolute Gasteiger partial charge is 0.191 e. The number of rotatable bonds is 9. The number of Topliss-reactive ketones (excluding diaryl/α,β-unsaturated/α-hetero) is 2. The first kappa shape index (κ1) is 24.9. The van der Waals surface area contributed by atoms with Gasteiger partial charge < -0.3 is 4.48 Å². The van der Waals surface area contributed by atoms with Gasteiger partial charge in [-0.3, -0.25) is 9.59 Å². The summed E-state index contributed by atoms with van der Waals surface area (Å²) in [5, 5.41) is 0. The van der Waals surface area contributed by atoms with Crippen molar-refractivity contribution in [1.82, 2.24) is 0 Å². The molecule has 2 atom stereocenters. The van der Waals surface area contributed by atoms with Gasteiger partial charge in [0.25, 0.3) is 0 Å². The number of piperidine rings is 1. The first-order chi connectivity index (χ1) is 16.4. The van der Waals surface area contributed by atoms with Gasteiger partial charge in [0.15, 0.2) is 5.78 Å². The lowest BCUT2D eigenvalue weighted by Gasteiger charge is -2.44. The first-order valence-electron chi connectivity index (χ1n) is 13.4. The summed E-state index contributed by atoms with van der Waals surface area (Å²) in [7, 11) is 0. The van der Waals surface area contributed by atoms with E-state index in [0.717, 1.165) is 43.4 Å². The molecule has 3 heteroatoms. The number of carbonyl (C=O) groups excluding carboxylic acids is 2. The van der Waals surface area contributed by atoms with Crippen LogP contribution in [0.1, 0.15) is 73.6 Å². The predicted octanol–water partition coefficient (Wildman–Crippen LogP) is 6.38. The highest BCUT2D eigenvalue weighted by Gasteiger charge is 2.40. The normalized spacial score (nSPS) is 23.5. The molecule has 0 aromatic heterocycles. The third-order valence-electron chi connectivity index (χ3n) is 8.35.